The number of nitrogens with one attached hydrogen (secondary N) is 1. The predicted octanol–water partition coefficient (Wildman–Crippen LogP) is 3.94. The molecule has 2 fully saturated rings. The zero-order valence-corrected chi connectivity index (χ0v) is 19.7. The van der Waals surface area contributed by atoms with E-state index in [1.807, 2.05) is 36.9 Å². The van der Waals surface area contributed by atoms with Crippen molar-refractivity contribution in [3.05, 3.63) is 58.1 Å². The third kappa shape index (κ3) is 5.77. The lowest BCUT2D eigenvalue weighted by molar-refractivity contribution is -0.383. The highest BCUT2D eigenvalue weighted by Gasteiger charge is 2.24. The number of carbonyl (C=O) groups is 1. The number of benzene rings is 2. The molecule has 2 aromatic rings. The van der Waals surface area contributed by atoms with Gasteiger partial charge in [-0.1, -0.05) is 0 Å². The number of carbonyl (C=O) groups excluding carboxylic acids is 1. The Balaban J connectivity index is 1.37. The van der Waals surface area contributed by atoms with Gasteiger partial charge in [0, 0.05) is 56.6 Å². The number of nitrogens with zero attached hydrogens (tertiary/aromatic N) is 3. The van der Waals surface area contributed by atoms with E-state index in [-0.39, 0.29) is 28.7 Å². The maximum Gasteiger partial charge on any atom is 0.292 e. The highest BCUT2D eigenvalue weighted by molar-refractivity contribution is 5.94. The summed E-state index contributed by atoms with van der Waals surface area (Å²) in [6.07, 6.45) is 2.15. The van der Waals surface area contributed by atoms with Crippen LogP contribution in [0.1, 0.15) is 37.0 Å². The van der Waals surface area contributed by atoms with Gasteiger partial charge in [0.05, 0.1) is 17.1 Å². The Bertz CT molecular complexity index is 997. The Hall–Kier alpha value is -3.33. The fourth-order valence-corrected chi connectivity index (χ4v) is 4.35. The van der Waals surface area contributed by atoms with Gasteiger partial charge in [0.1, 0.15) is 11.4 Å². The molecule has 0 unspecified atom stereocenters. The van der Waals surface area contributed by atoms with Crippen LogP contribution in [-0.4, -0.2) is 67.3 Å². The average molecular weight is 469 g/mol. The van der Waals surface area contributed by atoms with Gasteiger partial charge in [-0.25, -0.2) is 0 Å². The fourth-order valence-electron chi connectivity index (χ4n) is 4.35. The number of rotatable bonds is 8. The first-order chi connectivity index (χ1) is 16.4. The van der Waals surface area contributed by atoms with E-state index < -0.39 is 0 Å². The van der Waals surface area contributed by atoms with Crippen LogP contribution in [0.5, 0.6) is 5.75 Å². The van der Waals surface area contributed by atoms with E-state index in [1.165, 1.54) is 0 Å². The van der Waals surface area contributed by atoms with Crippen LogP contribution in [0.25, 0.3) is 0 Å². The number of nitro groups is 1. The van der Waals surface area contributed by atoms with Gasteiger partial charge in [-0.3, -0.25) is 14.9 Å². The molecular formula is C25H32N4O5. The van der Waals surface area contributed by atoms with Gasteiger partial charge < -0.3 is 24.6 Å². The quantitative estimate of drug-likeness (QED) is 0.463. The normalized spacial score (nSPS) is 18.3. The Kier molecular flexibility index (Phi) is 7.52. The van der Waals surface area contributed by atoms with E-state index in [1.54, 1.807) is 24.3 Å². The minimum atomic E-state index is -0.365. The number of hydrogen-bond donors (Lipinski definition) is 1. The molecule has 2 aliphatic rings. The van der Waals surface area contributed by atoms with Crippen LogP contribution in [0.15, 0.2) is 42.5 Å². The lowest BCUT2D eigenvalue weighted by Gasteiger charge is -2.36. The van der Waals surface area contributed by atoms with Crippen LogP contribution in [0.2, 0.25) is 0 Å². The number of amides is 1. The highest BCUT2D eigenvalue weighted by Crippen LogP contribution is 2.31. The Morgan fingerprint density at radius 1 is 1.18 bits per heavy atom. The summed E-state index contributed by atoms with van der Waals surface area (Å²) in [5.74, 6) is 0.747. The summed E-state index contributed by atoms with van der Waals surface area (Å²) in [7, 11) is 0. The van der Waals surface area contributed by atoms with Gasteiger partial charge >= 0.3 is 0 Å². The first kappa shape index (κ1) is 23.8. The van der Waals surface area contributed by atoms with E-state index >= 15 is 0 Å². The van der Waals surface area contributed by atoms with Gasteiger partial charge in [-0.2, -0.15) is 0 Å². The molecule has 2 aromatic carbocycles. The van der Waals surface area contributed by atoms with Crippen molar-refractivity contribution in [1.82, 2.24) is 4.90 Å². The summed E-state index contributed by atoms with van der Waals surface area (Å²) in [4.78, 5) is 28.1. The number of nitro benzene ring substituents is 1. The molecule has 2 heterocycles. The molecular weight excluding hydrogens is 436 g/mol. The zero-order chi connectivity index (χ0) is 24.1. The Morgan fingerprint density at radius 3 is 2.53 bits per heavy atom. The molecule has 1 amide bonds. The maximum absolute atomic E-state index is 12.9. The number of hydrogen-bond acceptors (Lipinski definition) is 7. The van der Waals surface area contributed by atoms with Crippen molar-refractivity contribution in [2.75, 3.05) is 49.5 Å². The van der Waals surface area contributed by atoms with Crippen LogP contribution in [-0.2, 0) is 4.74 Å². The van der Waals surface area contributed by atoms with Gasteiger partial charge in [0.2, 0.25) is 0 Å². The van der Waals surface area contributed by atoms with Crippen molar-refractivity contribution in [2.45, 2.75) is 38.9 Å². The van der Waals surface area contributed by atoms with Crippen molar-refractivity contribution < 1.29 is 19.2 Å². The van der Waals surface area contributed by atoms with Crippen LogP contribution < -0.4 is 15.0 Å². The minimum absolute atomic E-state index is 0.00151. The summed E-state index contributed by atoms with van der Waals surface area (Å²) in [6, 6.07) is 12.4. The van der Waals surface area contributed by atoms with Crippen molar-refractivity contribution >= 4 is 23.0 Å². The predicted molar refractivity (Wildman–Crippen MR) is 131 cm³/mol. The molecule has 0 radical (unpaired) electrons. The summed E-state index contributed by atoms with van der Waals surface area (Å²) < 4.78 is 11.3. The number of anilines is 2. The molecule has 0 aromatic heterocycles. The molecule has 0 spiro atoms. The SMILES string of the molecule is CC(C)Oc1ccc(C(=O)N2CCN(c3ccc([N+](=O)[O-])c(NC[C@@H]4CCCO4)c3)CC2)cc1. The van der Waals surface area contributed by atoms with Crippen molar-refractivity contribution in [1.29, 1.82) is 0 Å². The lowest BCUT2D eigenvalue weighted by atomic mass is 10.1. The lowest BCUT2D eigenvalue weighted by Crippen LogP contribution is -2.48. The molecule has 9 heteroatoms. The second kappa shape index (κ2) is 10.7. The van der Waals surface area contributed by atoms with E-state index in [2.05, 4.69) is 10.2 Å². The van der Waals surface area contributed by atoms with E-state index in [0.717, 1.165) is 30.9 Å². The van der Waals surface area contributed by atoms with Crippen molar-refractivity contribution in [3.8, 4) is 5.75 Å². The molecule has 34 heavy (non-hydrogen) atoms. The largest absolute Gasteiger partial charge is 0.491 e. The van der Waals surface area contributed by atoms with Crippen molar-refractivity contribution in [2.24, 2.45) is 0 Å². The molecule has 2 saturated heterocycles. The number of piperazine rings is 1. The van der Waals surface area contributed by atoms with Gasteiger partial charge in [-0.15, -0.1) is 0 Å². The molecule has 1 atom stereocenters. The summed E-state index contributed by atoms with van der Waals surface area (Å²) in [5, 5.41) is 14.7. The second-order valence-electron chi connectivity index (χ2n) is 8.94. The standard InChI is InChI=1S/C25H32N4O5/c1-18(2)34-21-8-5-19(6-9-21)25(30)28-13-11-27(12-14-28)20-7-10-24(29(31)32)23(16-20)26-17-22-4-3-15-33-22/h5-10,16,18,22,26H,3-4,11-15,17H2,1-2H3/t22-/m0/s1. The van der Waals surface area contributed by atoms with Crippen LogP contribution in [0.3, 0.4) is 0 Å². The summed E-state index contributed by atoms with van der Waals surface area (Å²) in [6.45, 7) is 7.70. The van der Waals surface area contributed by atoms with E-state index in [0.29, 0.717) is 44.0 Å². The van der Waals surface area contributed by atoms with Crippen LogP contribution in [0, 0.1) is 10.1 Å². The minimum Gasteiger partial charge on any atom is -0.491 e. The molecule has 2 aliphatic heterocycles. The average Bonchev–Trinajstić information content (AvgIpc) is 3.36. The third-order valence-corrected chi connectivity index (χ3v) is 6.13. The van der Waals surface area contributed by atoms with Crippen LogP contribution in [0.4, 0.5) is 17.1 Å². The summed E-state index contributed by atoms with van der Waals surface area (Å²) >= 11 is 0. The van der Waals surface area contributed by atoms with Crippen molar-refractivity contribution in [3.63, 3.8) is 0 Å². The van der Waals surface area contributed by atoms with Gasteiger partial charge in [-0.05, 0) is 63.1 Å². The summed E-state index contributed by atoms with van der Waals surface area (Å²) in [5.41, 5.74) is 2.10. The fraction of sp³-hybridized carbons (Fsp3) is 0.480. The molecule has 0 saturated carbocycles. The Labute approximate surface area is 199 Å². The van der Waals surface area contributed by atoms with Gasteiger partial charge in [0.15, 0.2) is 0 Å². The molecule has 9 nitrogen and oxygen atoms in total. The molecule has 182 valence electrons. The van der Waals surface area contributed by atoms with E-state index in [4.69, 9.17) is 9.47 Å². The van der Waals surface area contributed by atoms with Gasteiger partial charge in [0.25, 0.3) is 11.6 Å². The molecule has 1 N–H and O–H groups in total. The van der Waals surface area contributed by atoms with Crippen LogP contribution >= 0.6 is 0 Å². The smallest absolute Gasteiger partial charge is 0.292 e. The Morgan fingerprint density at radius 2 is 1.91 bits per heavy atom. The number of ether oxygens (including phenoxy) is 2. The molecule has 0 bridgehead atoms. The molecule has 0 aliphatic carbocycles. The first-order valence-corrected chi connectivity index (χ1v) is 11.9. The topological polar surface area (TPSA) is 97.2 Å². The van der Waals surface area contributed by atoms with E-state index in [9.17, 15) is 14.9 Å². The first-order valence-electron chi connectivity index (χ1n) is 11.9. The zero-order valence-electron chi connectivity index (χ0n) is 19.7. The second-order valence-corrected chi connectivity index (χ2v) is 8.94. The third-order valence-electron chi connectivity index (χ3n) is 6.13. The molecule has 4 rings (SSSR count). The highest BCUT2D eigenvalue weighted by atomic mass is 16.6. The maximum atomic E-state index is 12.9. The monoisotopic (exact) mass is 468 g/mol.